The van der Waals surface area contributed by atoms with Crippen LogP contribution in [0.1, 0.15) is 86.0 Å². The molecule has 0 rings (SSSR count). The number of methoxy groups -OCH3 is 1. The molecule has 0 unspecified atom stereocenters. The zero-order valence-electron chi connectivity index (χ0n) is 16.0. The molecule has 0 fully saturated rings. The minimum atomic E-state index is -0.0351. The van der Waals surface area contributed by atoms with E-state index >= 15 is 0 Å². The summed E-state index contributed by atoms with van der Waals surface area (Å²) in [6.07, 6.45) is 8.47. The lowest BCUT2D eigenvalue weighted by Crippen LogP contribution is -2.37. The van der Waals surface area contributed by atoms with Gasteiger partial charge in [-0.2, -0.15) is 0 Å². The van der Waals surface area contributed by atoms with Crippen LogP contribution < -0.4 is 0 Å². The molecule has 0 heterocycles. The standard InChI is InChI=1S/C19H40O3/c1-7-12-15-21-19(10-4,11-5)14-17-22-18(8-2,9-3)13-16-20-6/h7-17H2,1-6H3. The van der Waals surface area contributed by atoms with Gasteiger partial charge in [0.15, 0.2) is 0 Å². The molecule has 0 N–H and O–H groups in total. The summed E-state index contributed by atoms with van der Waals surface area (Å²) >= 11 is 0. The highest BCUT2D eigenvalue weighted by Gasteiger charge is 2.30. The van der Waals surface area contributed by atoms with E-state index in [-0.39, 0.29) is 11.2 Å². The van der Waals surface area contributed by atoms with E-state index in [1.54, 1.807) is 7.11 Å². The minimum Gasteiger partial charge on any atom is -0.385 e. The largest absolute Gasteiger partial charge is 0.385 e. The second-order valence-electron chi connectivity index (χ2n) is 6.32. The van der Waals surface area contributed by atoms with E-state index in [1.165, 1.54) is 6.42 Å². The maximum Gasteiger partial charge on any atom is 0.0699 e. The fraction of sp³-hybridized carbons (Fsp3) is 1.00. The number of ether oxygens (including phenoxy) is 3. The van der Waals surface area contributed by atoms with Crippen LogP contribution in [-0.4, -0.2) is 38.1 Å². The predicted molar refractivity (Wildman–Crippen MR) is 94.5 cm³/mol. The SMILES string of the molecule is CCCCOC(CC)(CC)CCOC(CC)(CC)CCOC. The molecule has 0 bridgehead atoms. The van der Waals surface area contributed by atoms with Crippen LogP contribution in [0.5, 0.6) is 0 Å². The van der Waals surface area contributed by atoms with Crippen LogP contribution in [0.3, 0.4) is 0 Å². The van der Waals surface area contributed by atoms with E-state index in [4.69, 9.17) is 14.2 Å². The lowest BCUT2D eigenvalue weighted by atomic mass is 9.91. The van der Waals surface area contributed by atoms with E-state index in [2.05, 4.69) is 34.6 Å². The van der Waals surface area contributed by atoms with E-state index in [1.807, 2.05) is 0 Å². The summed E-state index contributed by atoms with van der Waals surface area (Å²) in [5.74, 6) is 0. The Labute approximate surface area is 139 Å². The molecule has 0 aliphatic heterocycles. The first-order valence-corrected chi connectivity index (χ1v) is 9.34. The van der Waals surface area contributed by atoms with Gasteiger partial charge in [-0.1, -0.05) is 41.0 Å². The van der Waals surface area contributed by atoms with Crippen molar-refractivity contribution in [1.29, 1.82) is 0 Å². The van der Waals surface area contributed by atoms with Crippen molar-refractivity contribution < 1.29 is 14.2 Å². The van der Waals surface area contributed by atoms with E-state index in [9.17, 15) is 0 Å². The maximum absolute atomic E-state index is 6.34. The third-order valence-electron chi connectivity index (χ3n) is 5.21. The van der Waals surface area contributed by atoms with Crippen LogP contribution >= 0.6 is 0 Å². The molecule has 0 aromatic carbocycles. The molecule has 134 valence electrons. The van der Waals surface area contributed by atoms with Crippen LogP contribution in [0.2, 0.25) is 0 Å². The summed E-state index contributed by atoms with van der Waals surface area (Å²) in [6.45, 7) is 13.5. The van der Waals surface area contributed by atoms with E-state index in [0.717, 1.165) is 64.8 Å². The van der Waals surface area contributed by atoms with Crippen molar-refractivity contribution in [1.82, 2.24) is 0 Å². The Morgan fingerprint density at radius 2 is 1.09 bits per heavy atom. The highest BCUT2D eigenvalue weighted by atomic mass is 16.5. The zero-order valence-corrected chi connectivity index (χ0v) is 16.0. The van der Waals surface area contributed by atoms with Gasteiger partial charge in [-0.05, 0) is 44.9 Å². The second-order valence-corrected chi connectivity index (χ2v) is 6.32. The molecule has 0 spiro atoms. The lowest BCUT2D eigenvalue weighted by molar-refractivity contribution is -0.110. The van der Waals surface area contributed by atoms with Gasteiger partial charge in [0.05, 0.1) is 17.8 Å². The second kappa shape index (κ2) is 12.3. The normalized spacial score (nSPS) is 12.8. The minimum absolute atomic E-state index is 0.0103. The highest BCUT2D eigenvalue weighted by molar-refractivity contribution is 4.81. The summed E-state index contributed by atoms with van der Waals surface area (Å²) in [7, 11) is 1.76. The van der Waals surface area contributed by atoms with Gasteiger partial charge < -0.3 is 14.2 Å². The smallest absolute Gasteiger partial charge is 0.0699 e. The average Bonchev–Trinajstić information content (AvgIpc) is 2.57. The Morgan fingerprint density at radius 1 is 0.636 bits per heavy atom. The van der Waals surface area contributed by atoms with Crippen molar-refractivity contribution in [3.8, 4) is 0 Å². The average molecular weight is 317 g/mol. The first kappa shape index (κ1) is 21.9. The number of hydrogen-bond acceptors (Lipinski definition) is 3. The molecule has 0 aromatic heterocycles. The van der Waals surface area contributed by atoms with Gasteiger partial charge in [0.25, 0.3) is 0 Å². The molecule has 0 radical (unpaired) electrons. The van der Waals surface area contributed by atoms with Crippen LogP contribution in [0, 0.1) is 0 Å². The molecule has 0 aliphatic rings. The van der Waals surface area contributed by atoms with Crippen LogP contribution in [0.4, 0.5) is 0 Å². The summed E-state index contributed by atoms with van der Waals surface area (Å²) in [5.41, 5.74) is -0.0453. The van der Waals surface area contributed by atoms with E-state index in [0.29, 0.717) is 0 Å². The molecule has 3 heteroatoms. The van der Waals surface area contributed by atoms with Crippen LogP contribution in [-0.2, 0) is 14.2 Å². The summed E-state index contributed by atoms with van der Waals surface area (Å²) < 4.78 is 17.8. The maximum atomic E-state index is 6.34. The van der Waals surface area contributed by atoms with Gasteiger partial charge in [0.1, 0.15) is 0 Å². The van der Waals surface area contributed by atoms with Crippen molar-refractivity contribution in [3.63, 3.8) is 0 Å². The van der Waals surface area contributed by atoms with Gasteiger partial charge in [0, 0.05) is 20.3 Å². The molecule has 0 saturated heterocycles. The van der Waals surface area contributed by atoms with Gasteiger partial charge in [-0.15, -0.1) is 0 Å². The Kier molecular flexibility index (Phi) is 12.3. The Hall–Kier alpha value is -0.120. The van der Waals surface area contributed by atoms with Gasteiger partial charge in [-0.25, -0.2) is 0 Å². The number of unbranched alkanes of at least 4 members (excludes halogenated alkanes) is 1. The molecule has 0 aromatic rings. The first-order chi connectivity index (χ1) is 10.6. The van der Waals surface area contributed by atoms with Crippen LogP contribution in [0.15, 0.2) is 0 Å². The molecule has 0 atom stereocenters. The van der Waals surface area contributed by atoms with Crippen molar-refractivity contribution in [2.75, 3.05) is 26.9 Å². The van der Waals surface area contributed by atoms with Gasteiger partial charge >= 0.3 is 0 Å². The quantitative estimate of drug-likeness (QED) is 0.380. The molecular weight excluding hydrogens is 276 g/mol. The first-order valence-electron chi connectivity index (χ1n) is 9.34. The monoisotopic (exact) mass is 316 g/mol. The van der Waals surface area contributed by atoms with Crippen LogP contribution in [0.25, 0.3) is 0 Å². The Morgan fingerprint density at radius 3 is 1.50 bits per heavy atom. The van der Waals surface area contributed by atoms with Gasteiger partial charge in [0.2, 0.25) is 0 Å². The fourth-order valence-electron chi connectivity index (χ4n) is 2.93. The number of rotatable bonds is 15. The van der Waals surface area contributed by atoms with Crippen molar-refractivity contribution in [2.24, 2.45) is 0 Å². The summed E-state index contributed by atoms with van der Waals surface area (Å²) in [6, 6.07) is 0. The fourth-order valence-corrected chi connectivity index (χ4v) is 2.93. The topological polar surface area (TPSA) is 27.7 Å². The predicted octanol–water partition coefficient (Wildman–Crippen LogP) is 5.36. The molecule has 0 amide bonds. The third kappa shape index (κ3) is 7.43. The summed E-state index contributed by atoms with van der Waals surface area (Å²) in [4.78, 5) is 0. The van der Waals surface area contributed by atoms with Crippen molar-refractivity contribution in [2.45, 2.75) is 97.2 Å². The molecule has 22 heavy (non-hydrogen) atoms. The highest BCUT2D eigenvalue weighted by Crippen LogP contribution is 2.29. The molecular formula is C19H40O3. The summed E-state index contributed by atoms with van der Waals surface area (Å²) in [5, 5.41) is 0. The molecule has 3 nitrogen and oxygen atoms in total. The Bertz CT molecular complexity index is 245. The Balaban J connectivity index is 4.49. The molecule has 0 saturated carbocycles. The zero-order chi connectivity index (χ0) is 16.9. The lowest BCUT2D eigenvalue weighted by Gasteiger charge is -2.36. The molecule has 0 aliphatic carbocycles. The third-order valence-corrected chi connectivity index (χ3v) is 5.21. The van der Waals surface area contributed by atoms with Crippen molar-refractivity contribution in [3.05, 3.63) is 0 Å². The van der Waals surface area contributed by atoms with Crippen molar-refractivity contribution >= 4 is 0 Å². The van der Waals surface area contributed by atoms with E-state index < -0.39 is 0 Å². The van der Waals surface area contributed by atoms with Gasteiger partial charge in [-0.3, -0.25) is 0 Å². The number of hydrogen-bond donors (Lipinski definition) is 0.